The average molecular weight is 231 g/mol. The Morgan fingerprint density at radius 3 is 2.59 bits per heavy atom. The van der Waals surface area contributed by atoms with Gasteiger partial charge in [0.05, 0.1) is 0 Å². The zero-order valence-corrected chi connectivity index (χ0v) is 10.8. The molecule has 0 unspecified atom stereocenters. The van der Waals surface area contributed by atoms with Crippen molar-refractivity contribution in [3.8, 4) is 5.75 Å². The normalized spacial score (nSPS) is 25.1. The van der Waals surface area contributed by atoms with Gasteiger partial charge >= 0.3 is 0 Å². The van der Waals surface area contributed by atoms with Gasteiger partial charge in [-0.25, -0.2) is 0 Å². The van der Waals surface area contributed by atoms with Crippen LogP contribution in [0, 0.1) is 0 Å². The van der Waals surface area contributed by atoms with Crippen molar-refractivity contribution in [3.05, 3.63) is 29.8 Å². The molecule has 0 atom stereocenters. The molecular formula is C15H21NO. The summed E-state index contributed by atoms with van der Waals surface area (Å²) in [4.78, 5) is 0. The van der Waals surface area contributed by atoms with Crippen LogP contribution in [0.15, 0.2) is 24.3 Å². The molecule has 1 fully saturated rings. The molecule has 3 rings (SSSR count). The molecule has 1 spiro atoms. The molecule has 2 heterocycles. The fourth-order valence-electron chi connectivity index (χ4n) is 3.59. The summed E-state index contributed by atoms with van der Waals surface area (Å²) in [5.74, 6) is 1.10. The predicted octanol–water partition coefficient (Wildman–Crippen LogP) is 2.87. The van der Waals surface area contributed by atoms with E-state index in [1.165, 1.54) is 18.4 Å². The Bertz CT molecular complexity index is 419. The number of hydrogen-bond acceptors (Lipinski definition) is 2. The number of fused-ring (bicyclic) bond motifs is 2. The Hall–Kier alpha value is -1.02. The molecule has 0 aromatic heterocycles. The molecule has 17 heavy (non-hydrogen) atoms. The van der Waals surface area contributed by atoms with Crippen molar-refractivity contribution in [1.29, 1.82) is 0 Å². The first kappa shape index (κ1) is 11.1. The molecule has 0 radical (unpaired) electrons. The lowest BCUT2D eigenvalue weighted by Gasteiger charge is -2.48. The quantitative estimate of drug-likeness (QED) is 0.741. The van der Waals surface area contributed by atoms with Gasteiger partial charge in [-0.1, -0.05) is 18.2 Å². The summed E-state index contributed by atoms with van der Waals surface area (Å²) in [6.45, 7) is 6.69. The molecule has 92 valence electrons. The standard InChI is InChI=1S/C15H21NO/c1-14(2)11-15(7-9-16-10-8-15)12-5-3-4-6-13(12)17-14/h3-6,16H,7-11H2,1-2H3. The Morgan fingerprint density at radius 1 is 1.12 bits per heavy atom. The third-order valence-electron chi connectivity index (χ3n) is 4.17. The number of piperidine rings is 1. The van der Waals surface area contributed by atoms with Crippen molar-refractivity contribution >= 4 is 0 Å². The van der Waals surface area contributed by atoms with Crippen LogP contribution in [0.1, 0.15) is 38.7 Å². The molecular weight excluding hydrogens is 210 g/mol. The van der Waals surface area contributed by atoms with E-state index in [2.05, 4.69) is 43.4 Å². The third kappa shape index (κ3) is 1.85. The predicted molar refractivity (Wildman–Crippen MR) is 69.5 cm³/mol. The van der Waals surface area contributed by atoms with E-state index in [-0.39, 0.29) is 5.60 Å². The van der Waals surface area contributed by atoms with Crippen molar-refractivity contribution in [1.82, 2.24) is 5.32 Å². The third-order valence-corrected chi connectivity index (χ3v) is 4.17. The number of ether oxygens (including phenoxy) is 1. The van der Waals surface area contributed by atoms with E-state index in [0.29, 0.717) is 5.41 Å². The molecule has 1 N–H and O–H groups in total. The highest BCUT2D eigenvalue weighted by atomic mass is 16.5. The monoisotopic (exact) mass is 231 g/mol. The first-order valence-electron chi connectivity index (χ1n) is 6.61. The molecule has 2 heteroatoms. The van der Waals surface area contributed by atoms with Crippen molar-refractivity contribution in [3.63, 3.8) is 0 Å². The van der Waals surface area contributed by atoms with Gasteiger partial charge in [-0.3, -0.25) is 0 Å². The van der Waals surface area contributed by atoms with Gasteiger partial charge in [0.1, 0.15) is 11.4 Å². The Balaban J connectivity index is 2.08. The van der Waals surface area contributed by atoms with Crippen molar-refractivity contribution in [2.45, 2.75) is 44.1 Å². The molecule has 0 amide bonds. The minimum absolute atomic E-state index is 0.0360. The number of para-hydroxylation sites is 1. The molecule has 2 aliphatic heterocycles. The van der Waals surface area contributed by atoms with Gasteiger partial charge in [0.25, 0.3) is 0 Å². The smallest absolute Gasteiger partial charge is 0.123 e. The highest BCUT2D eigenvalue weighted by Crippen LogP contribution is 2.49. The van der Waals surface area contributed by atoms with E-state index in [0.717, 1.165) is 25.3 Å². The summed E-state index contributed by atoms with van der Waals surface area (Å²) < 4.78 is 6.13. The van der Waals surface area contributed by atoms with Gasteiger partial charge in [-0.2, -0.15) is 0 Å². The maximum Gasteiger partial charge on any atom is 0.123 e. The SMILES string of the molecule is CC1(C)CC2(CCNCC2)c2ccccc2O1. The average Bonchev–Trinajstić information content (AvgIpc) is 2.28. The summed E-state index contributed by atoms with van der Waals surface area (Å²) >= 11 is 0. The zero-order chi connectivity index (χ0) is 11.9. The first-order chi connectivity index (χ1) is 8.11. The lowest BCUT2D eigenvalue weighted by atomic mass is 9.65. The van der Waals surface area contributed by atoms with Crippen LogP contribution in [0.2, 0.25) is 0 Å². The molecule has 1 aromatic rings. The van der Waals surface area contributed by atoms with Crippen LogP contribution in [0.3, 0.4) is 0 Å². The molecule has 0 saturated carbocycles. The number of hydrogen-bond donors (Lipinski definition) is 1. The fourth-order valence-corrected chi connectivity index (χ4v) is 3.59. The van der Waals surface area contributed by atoms with Crippen LogP contribution < -0.4 is 10.1 Å². The van der Waals surface area contributed by atoms with Crippen LogP contribution in [-0.4, -0.2) is 18.7 Å². The second-order valence-corrected chi connectivity index (χ2v) is 6.07. The Labute approximate surface area is 103 Å². The number of benzene rings is 1. The van der Waals surface area contributed by atoms with Gasteiger partial charge in [0.15, 0.2) is 0 Å². The van der Waals surface area contributed by atoms with Crippen LogP contribution in [0.4, 0.5) is 0 Å². The highest BCUT2D eigenvalue weighted by Gasteiger charge is 2.45. The van der Waals surface area contributed by atoms with E-state index in [4.69, 9.17) is 4.74 Å². The summed E-state index contributed by atoms with van der Waals surface area (Å²) in [6, 6.07) is 8.61. The van der Waals surface area contributed by atoms with E-state index < -0.39 is 0 Å². The van der Waals surface area contributed by atoms with Crippen molar-refractivity contribution < 1.29 is 4.74 Å². The molecule has 2 aliphatic rings. The minimum atomic E-state index is -0.0360. The summed E-state index contributed by atoms with van der Waals surface area (Å²) in [5.41, 5.74) is 1.73. The maximum absolute atomic E-state index is 6.13. The fraction of sp³-hybridized carbons (Fsp3) is 0.600. The van der Waals surface area contributed by atoms with E-state index in [1.807, 2.05) is 0 Å². The van der Waals surface area contributed by atoms with E-state index in [1.54, 1.807) is 0 Å². The van der Waals surface area contributed by atoms with Gasteiger partial charge in [0.2, 0.25) is 0 Å². The van der Waals surface area contributed by atoms with E-state index in [9.17, 15) is 0 Å². The van der Waals surface area contributed by atoms with E-state index >= 15 is 0 Å². The van der Waals surface area contributed by atoms with Crippen molar-refractivity contribution in [2.24, 2.45) is 0 Å². The van der Waals surface area contributed by atoms with Gasteiger partial charge < -0.3 is 10.1 Å². The molecule has 1 saturated heterocycles. The Morgan fingerprint density at radius 2 is 1.82 bits per heavy atom. The van der Waals surface area contributed by atoms with Crippen LogP contribution in [-0.2, 0) is 5.41 Å². The minimum Gasteiger partial charge on any atom is -0.488 e. The zero-order valence-electron chi connectivity index (χ0n) is 10.8. The van der Waals surface area contributed by atoms with Crippen molar-refractivity contribution in [2.75, 3.05) is 13.1 Å². The molecule has 0 aliphatic carbocycles. The summed E-state index contributed by atoms with van der Waals surface area (Å²) in [6.07, 6.45) is 3.60. The van der Waals surface area contributed by atoms with Gasteiger partial charge in [-0.05, 0) is 52.3 Å². The molecule has 2 nitrogen and oxygen atoms in total. The lowest BCUT2D eigenvalue weighted by molar-refractivity contribution is 0.0336. The van der Waals surface area contributed by atoms with Gasteiger partial charge in [0, 0.05) is 11.0 Å². The second-order valence-electron chi connectivity index (χ2n) is 6.07. The summed E-state index contributed by atoms with van der Waals surface area (Å²) in [7, 11) is 0. The molecule has 1 aromatic carbocycles. The van der Waals surface area contributed by atoms with Crippen LogP contribution in [0.25, 0.3) is 0 Å². The number of nitrogens with one attached hydrogen (secondary N) is 1. The summed E-state index contributed by atoms with van der Waals surface area (Å²) in [5, 5.41) is 3.47. The van der Waals surface area contributed by atoms with Gasteiger partial charge in [-0.15, -0.1) is 0 Å². The number of rotatable bonds is 0. The maximum atomic E-state index is 6.13. The molecule has 0 bridgehead atoms. The first-order valence-corrected chi connectivity index (χ1v) is 6.61. The largest absolute Gasteiger partial charge is 0.488 e. The van der Waals surface area contributed by atoms with Crippen LogP contribution in [0.5, 0.6) is 5.75 Å². The Kier molecular flexibility index (Phi) is 2.44. The topological polar surface area (TPSA) is 21.3 Å². The second kappa shape index (κ2) is 3.74. The lowest BCUT2D eigenvalue weighted by Crippen LogP contribution is -2.49. The van der Waals surface area contributed by atoms with Crippen LogP contribution >= 0.6 is 0 Å². The highest BCUT2D eigenvalue weighted by molar-refractivity contribution is 5.43.